The van der Waals surface area contributed by atoms with Crippen molar-refractivity contribution in [2.24, 2.45) is 0 Å². The fraction of sp³-hybridized carbons (Fsp3) is 0.786. The molecule has 1 aromatic heterocycles. The molecule has 0 saturated heterocycles. The van der Waals surface area contributed by atoms with E-state index in [1.165, 1.54) is 0 Å². The van der Waals surface area contributed by atoms with Crippen LogP contribution in [-0.2, 0) is 12.1 Å². The van der Waals surface area contributed by atoms with Gasteiger partial charge < -0.3 is 9.84 Å². The number of methoxy groups -OCH3 is 1. The molecule has 18 heavy (non-hydrogen) atoms. The van der Waals surface area contributed by atoms with Crippen molar-refractivity contribution >= 4 is 0 Å². The Bertz CT molecular complexity index is 355. The van der Waals surface area contributed by atoms with Crippen LogP contribution in [0.5, 0.6) is 5.75 Å². The first-order chi connectivity index (χ1) is 8.62. The molecule has 0 radical (unpaired) electrons. The van der Waals surface area contributed by atoms with Crippen LogP contribution in [0.1, 0.15) is 58.6 Å². The van der Waals surface area contributed by atoms with Crippen molar-refractivity contribution in [3.8, 4) is 5.75 Å². The Morgan fingerprint density at radius 3 is 2.28 bits per heavy atom. The van der Waals surface area contributed by atoms with Gasteiger partial charge in [-0.25, -0.2) is 0 Å². The van der Waals surface area contributed by atoms with E-state index in [2.05, 4.69) is 25.9 Å². The minimum atomic E-state index is -0.819. The topological polar surface area (TPSA) is 47.3 Å². The highest BCUT2D eigenvalue weighted by Gasteiger charge is 2.34. The van der Waals surface area contributed by atoms with Crippen LogP contribution in [0.4, 0.5) is 0 Å². The summed E-state index contributed by atoms with van der Waals surface area (Å²) in [4.78, 5) is 0. The average molecular weight is 254 g/mol. The van der Waals surface area contributed by atoms with Gasteiger partial charge in [0.1, 0.15) is 11.3 Å². The molecule has 0 saturated carbocycles. The van der Waals surface area contributed by atoms with E-state index in [0.717, 1.165) is 44.3 Å². The van der Waals surface area contributed by atoms with E-state index in [1.807, 2.05) is 4.68 Å². The summed E-state index contributed by atoms with van der Waals surface area (Å²) < 4.78 is 7.26. The first kappa shape index (κ1) is 15.0. The van der Waals surface area contributed by atoms with Crippen LogP contribution in [-0.4, -0.2) is 22.0 Å². The molecule has 0 aromatic carbocycles. The van der Waals surface area contributed by atoms with E-state index in [9.17, 15) is 5.11 Å². The summed E-state index contributed by atoms with van der Waals surface area (Å²) in [6.07, 6.45) is 6.07. The molecule has 0 fully saturated rings. The van der Waals surface area contributed by atoms with Gasteiger partial charge in [0.15, 0.2) is 5.75 Å². The molecule has 1 N–H and O–H groups in total. The Kier molecular flexibility index (Phi) is 5.66. The molecule has 0 atom stereocenters. The van der Waals surface area contributed by atoms with E-state index in [-0.39, 0.29) is 0 Å². The Morgan fingerprint density at radius 2 is 1.83 bits per heavy atom. The average Bonchev–Trinajstić information content (AvgIpc) is 2.74. The predicted molar refractivity (Wildman–Crippen MR) is 72.8 cm³/mol. The summed E-state index contributed by atoms with van der Waals surface area (Å²) in [6.45, 7) is 7.10. The fourth-order valence-electron chi connectivity index (χ4n) is 2.56. The minimum Gasteiger partial charge on any atom is -0.493 e. The Labute approximate surface area is 110 Å². The highest BCUT2D eigenvalue weighted by Crippen LogP contribution is 2.37. The molecule has 0 bridgehead atoms. The molecule has 0 spiro atoms. The summed E-state index contributed by atoms with van der Waals surface area (Å²) >= 11 is 0. The maximum Gasteiger partial charge on any atom is 0.162 e. The number of aliphatic hydroxyl groups is 1. The summed E-state index contributed by atoms with van der Waals surface area (Å²) in [6, 6.07) is 0. The molecule has 4 heteroatoms. The number of hydrogen-bond acceptors (Lipinski definition) is 3. The van der Waals surface area contributed by atoms with Crippen molar-refractivity contribution in [3.63, 3.8) is 0 Å². The van der Waals surface area contributed by atoms with Crippen LogP contribution in [0, 0.1) is 0 Å². The van der Waals surface area contributed by atoms with Crippen molar-refractivity contribution in [1.29, 1.82) is 0 Å². The van der Waals surface area contributed by atoms with Crippen LogP contribution in [0.2, 0.25) is 0 Å². The van der Waals surface area contributed by atoms with Crippen molar-refractivity contribution in [2.75, 3.05) is 7.11 Å². The molecule has 104 valence electrons. The van der Waals surface area contributed by atoms with Crippen LogP contribution in [0.25, 0.3) is 0 Å². The summed E-state index contributed by atoms with van der Waals surface area (Å²) in [5.74, 6) is 0.702. The number of rotatable bonds is 8. The lowest BCUT2D eigenvalue weighted by Crippen LogP contribution is -2.29. The molecule has 1 aromatic rings. The summed E-state index contributed by atoms with van der Waals surface area (Å²) in [5, 5.41) is 15.3. The van der Waals surface area contributed by atoms with E-state index in [0.29, 0.717) is 5.75 Å². The maximum atomic E-state index is 11.0. The lowest BCUT2D eigenvalue weighted by Gasteiger charge is -2.29. The molecule has 4 nitrogen and oxygen atoms in total. The standard InChI is InChI=1S/C14H26N2O2/c1-5-8-14(17,9-6-2)13-12(18-4)11-15-16(13)10-7-3/h11,17H,5-10H2,1-4H3. The van der Waals surface area contributed by atoms with Gasteiger partial charge in [0.05, 0.1) is 13.3 Å². The van der Waals surface area contributed by atoms with Crippen molar-refractivity contribution in [3.05, 3.63) is 11.9 Å². The molecule has 0 unspecified atom stereocenters. The molecule has 0 amide bonds. The minimum absolute atomic E-state index is 0.702. The van der Waals surface area contributed by atoms with Gasteiger partial charge in [0.25, 0.3) is 0 Å². The Balaban J connectivity index is 3.19. The van der Waals surface area contributed by atoms with E-state index in [4.69, 9.17) is 4.74 Å². The van der Waals surface area contributed by atoms with Gasteiger partial charge in [-0.3, -0.25) is 4.68 Å². The highest BCUT2D eigenvalue weighted by molar-refractivity contribution is 5.31. The van der Waals surface area contributed by atoms with Gasteiger partial charge in [-0.15, -0.1) is 0 Å². The molecule has 0 aliphatic heterocycles. The predicted octanol–water partition coefficient (Wildman–Crippen LogP) is 3.09. The summed E-state index contributed by atoms with van der Waals surface area (Å²) in [7, 11) is 1.63. The van der Waals surface area contributed by atoms with Crippen LogP contribution in [0.3, 0.4) is 0 Å². The monoisotopic (exact) mass is 254 g/mol. The molecule has 0 aliphatic carbocycles. The van der Waals surface area contributed by atoms with Crippen molar-refractivity contribution < 1.29 is 9.84 Å². The van der Waals surface area contributed by atoms with Crippen LogP contribution >= 0.6 is 0 Å². The van der Waals surface area contributed by atoms with Crippen molar-refractivity contribution in [1.82, 2.24) is 9.78 Å². The Morgan fingerprint density at radius 1 is 1.22 bits per heavy atom. The first-order valence-electron chi connectivity index (χ1n) is 6.95. The fourth-order valence-corrected chi connectivity index (χ4v) is 2.56. The number of aryl methyl sites for hydroxylation is 1. The van der Waals surface area contributed by atoms with Gasteiger partial charge in [0.2, 0.25) is 0 Å². The zero-order valence-corrected chi connectivity index (χ0v) is 12.1. The zero-order valence-electron chi connectivity index (χ0n) is 12.1. The third kappa shape index (κ3) is 3.05. The van der Waals surface area contributed by atoms with E-state index >= 15 is 0 Å². The third-order valence-corrected chi connectivity index (χ3v) is 3.23. The second-order valence-electron chi connectivity index (χ2n) is 4.82. The molecular formula is C14H26N2O2. The largest absolute Gasteiger partial charge is 0.493 e. The highest BCUT2D eigenvalue weighted by atomic mass is 16.5. The van der Waals surface area contributed by atoms with Gasteiger partial charge in [0, 0.05) is 6.54 Å². The van der Waals surface area contributed by atoms with Gasteiger partial charge >= 0.3 is 0 Å². The zero-order chi connectivity index (χ0) is 13.6. The molecular weight excluding hydrogens is 228 g/mol. The quantitative estimate of drug-likeness (QED) is 0.775. The second-order valence-corrected chi connectivity index (χ2v) is 4.82. The first-order valence-corrected chi connectivity index (χ1v) is 6.95. The van der Waals surface area contributed by atoms with Crippen LogP contribution in [0.15, 0.2) is 6.20 Å². The number of nitrogens with zero attached hydrogens (tertiary/aromatic N) is 2. The van der Waals surface area contributed by atoms with E-state index < -0.39 is 5.60 Å². The van der Waals surface area contributed by atoms with Gasteiger partial charge in [-0.05, 0) is 19.3 Å². The molecule has 1 heterocycles. The normalized spacial score (nSPS) is 11.8. The number of ether oxygens (including phenoxy) is 1. The molecule has 1 rings (SSSR count). The SMILES string of the molecule is CCCn1ncc(OC)c1C(O)(CCC)CCC. The third-order valence-electron chi connectivity index (χ3n) is 3.23. The smallest absolute Gasteiger partial charge is 0.162 e. The van der Waals surface area contributed by atoms with E-state index in [1.54, 1.807) is 13.3 Å². The second kappa shape index (κ2) is 6.78. The van der Waals surface area contributed by atoms with Crippen LogP contribution < -0.4 is 4.74 Å². The number of hydrogen-bond donors (Lipinski definition) is 1. The Hall–Kier alpha value is -1.03. The van der Waals surface area contributed by atoms with Crippen molar-refractivity contribution in [2.45, 2.75) is 65.0 Å². The molecule has 0 aliphatic rings. The maximum absolute atomic E-state index is 11.0. The lowest BCUT2D eigenvalue weighted by molar-refractivity contribution is 0.00600. The van der Waals surface area contributed by atoms with Gasteiger partial charge in [-0.1, -0.05) is 33.6 Å². The van der Waals surface area contributed by atoms with Gasteiger partial charge in [-0.2, -0.15) is 5.10 Å². The lowest BCUT2D eigenvalue weighted by atomic mass is 9.88. The number of aromatic nitrogens is 2. The summed E-state index contributed by atoms with van der Waals surface area (Å²) in [5.41, 5.74) is 0.0242.